The summed E-state index contributed by atoms with van der Waals surface area (Å²) in [7, 11) is 3.24. The number of nitrogens with one attached hydrogen (secondary N) is 2. The summed E-state index contributed by atoms with van der Waals surface area (Å²) in [6.07, 6.45) is 3.67. The minimum atomic E-state index is 0. The fraction of sp³-hybridized carbons (Fsp3) is 0.471. The van der Waals surface area contributed by atoms with E-state index in [1.807, 2.05) is 18.2 Å². The van der Waals surface area contributed by atoms with E-state index in [1.54, 1.807) is 26.0 Å². The van der Waals surface area contributed by atoms with E-state index in [-0.39, 0.29) is 18.3 Å². The van der Waals surface area contributed by atoms with Gasteiger partial charge in [0.2, 0.25) is 5.91 Å². The van der Waals surface area contributed by atoms with Crippen molar-refractivity contribution in [3.63, 3.8) is 0 Å². The Hall–Kier alpha value is -1.37. The van der Waals surface area contributed by atoms with Gasteiger partial charge < -0.3 is 20.1 Å². The van der Waals surface area contributed by atoms with Crippen LogP contribution in [0.1, 0.15) is 12.8 Å². The highest BCUT2D eigenvalue weighted by atomic mass is 35.5. The van der Waals surface area contributed by atoms with Crippen molar-refractivity contribution in [1.82, 2.24) is 10.6 Å². The van der Waals surface area contributed by atoms with Crippen molar-refractivity contribution >= 4 is 30.1 Å². The minimum absolute atomic E-state index is 0. The number of carbonyl (C=O) groups excluding carboxylic acids is 1. The molecule has 5 nitrogen and oxygen atoms in total. The van der Waals surface area contributed by atoms with Gasteiger partial charge in [-0.15, -0.1) is 24.2 Å². The number of rotatable bonds is 8. The molecule has 2 N–H and O–H groups in total. The average Bonchev–Trinajstić information content (AvgIpc) is 2.60. The van der Waals surface area contributed by atoms with Gasteiger partial charge in [0.25, 0.3) is 0 Å². The maximum atomic E-state index is 11.9. The predicted molar refractivity (Wildman–Crippen MR) is 101 cm³/mol. The Kier molecular flexibility index (Phi) is 9.67. The largest absolute Gasteiger partial charge is 0.493 e. The first-order valence-electron chi connectivity index (χ1n) is 7.73. The van der Waals surface area contributed by atoms with Crippen molar-refractivity contribution in [2.24, 2.45) is 0 Å². The molecule has 0 saturated heterocycles. The van der Waals surface area contributed by atoms with Gasteiger partial charge in [-0.25, -0.2) is 0 Å². The lowest BCUT2D eigenvalue weighted by Gasteiger charge is -2.14. The molecule has 7 heteroatoms. The topological polar surface area (TPSA) is 59.6 Å². The van der Waals surface area contributed by atoms with Crippen LogP contribution in [0.3, 0.4) is 0 Å². The number of hydrogen-bond donors (Lipinski definition) is 2. The maximum absolute atomic E-state index is 11.9. The van der Waals surface area contributed by atoms with Crippen LogP contribution in [0.15, 0.2) is 34.7 Å². The quantitative estimate of drug-likeness (QED) is 0.542. The van der Waals surface area contributed by atoms with E-state index in [0.29, 0.717) is 24.5 Å². The van der Waals surface area contributed by atoms with Gasteiger partial charge in [0, 0.05) is 30.2 Å². The van der Waals surface area contributed by atoms with E-state index in [4.69, 9.17) is 9.47 Å². The lowest BCUT2D eigenvalue weighted by molar-refractivity contribution is -0.120. The van der Waals surface area contributed by atoms with Crippen LogP contribution in [-0.2, 0) is 4.79 Å². The van der Waals surface area contributed by atoms with Crippen LogP contribution in [0.4, 0.5) is 0 Å². The second-order valence-corrected chi connectivity index (χ2v) is 6.38. The zero-order valence-corrected chi connectivity index (χ0v) is 15.7. The lowest BCUT2D eigenvalue weighted by Crippen LogP contribution is -2.29. The Morgan fingerprint density at radius 1 is 1.29 bits per heavy atom. The highest BCUT2D eigenvalue weighted by Crippen LogP contribution is 2.31. The van der Waals surface area contributed by atoms with Crippen LogP contribution in [0.2, 0.25) is 0 Å². The van der Waals surface area contributed by atoms with Crippen LogP contribution in [0.5, 0.6) is 11.5 Å². The van der Waals surface area contributed by atoms with E-state index in [2.05, 4.69) is 16.7 Å². The van der Waals surface area contributed by atoms with E-state index >= 15 is 0 Å². The zero-order valence-electron chi connectivity index (χ0n) is 14.1. The predicted octanol–water partition coefficient (Wildman–Crippen LogP) is 2.64. The van der Waals surface area contributed by atoms with Crippen molar-refractivity contribution in [1.29, 1.82) is 0 Å². The first kappa shape index (κ1) is 20.7. The smallest absolute Gasteiger partial charge is 0.221 e. The third-order valence-electron chi connectivity index (χ3n) is 3.62. The number of hydrogen-bond acceptors (Lipinski definition) is 5. The highest BCUT2D eigenvalue weighted by Gasteiger charge is 2.08. The molecule has 2 rings (SSSR count). The Balaban J connectivity index is 0.00000288. The monoisotopic (exact) mass is 372 g/mol. The molecule has 0 bridgehead atoms. The Morgan fingerprint density at radius 3 is 2.75 bits per heavy atom. The van der Waals surface area contributed by atoms with E-state index in [0.717, 1.165) is 30.2 Å². The molecule has 1 heterocycles. The maximum Gasteiger partial charge on any atom is 0.221 e. The number of amides is 1. The number of benzene rings is 1. The van der Waals surface area contributed by atoms with Gasteiger partial charge in [0.1, 0.15) is 0 Å². The van der Waals surface area contributed by atoms with Gasteiger partial charge in [-0.3, -0.25) is 4.79 Å². The zero-order chi connectivity index (χ0) is 16.5. The molecule has 0 spiro atoms. The summed E-state index contributed by atoms with van der Waals surface area (Å²) in [6, 6.07) is 5.79. The Labute approximate surface area is 154 Å². The fourth-order valence-corrected chi connectivity index (χ4v) is 3.18. The second kappa shape index (κ2) is 11.2. The van der Waals surface area contributed by atoms with Crippen LogP contribution in [-0.4, -0.2) is 45.5 Å². The third-order valence-corrected chi connectivity index (χ3v) is 4.62. The van der Waals surface area contributed by atoms with Crippen molar-refractivity contribution < 1.29 is 14.3 Å². The molecule has 1 aliphatic heterocycles. The number of thioether (sulfide) groups is 1. The Morgan fingerprint density at radius 2 is 2.08 bits per heavy atom. The van der Waals surface area contributed by atoms with Gasteiger partial charge in [-0.1, -0.05) is 11.6 Å². The van der Waals surface area contributed by atoms with E-state index in [9.17, 15) is 4.79 Å². The molecule has 0 unspecified atom stereocenters. The Bertz CT molecular complexity index is 567. The normalized spacial score (nSPS) is 13.5. The summed E-state index contributed by atoms with van der Waals surface area (Å²) in [5, 5.41) is 6.25. The van der Waals surface area contributed by atoms with Crippen molar-refractivity contribution in [2.45, 2.75) is 17.7 Å². The molecular formula is C17H25ClN2O3S. The number of halogens is 1. The molecule has 24 heavy (non-hydrogen) atoms. The molecule has 0 saturated carbocycles. The van der Waals surface area contributed by atoms with Crippen molar-refractivity contribution in [3.05, 3.63) is 29.8 Å². The first-order valence-corrected chi connectivity index (χ1v) is 8.71. The average molecular weight is 373 g/mol. The van der Waals surface area contributed by atoms with Crippen LogP contribution in [0.25, 0.3) is 0 Å². The third kappa shape index (κ3) is 6.63. The fourth-order valence-electron chi connectivity index (χ4n) is 2.30. The lowest BCUT2D eigenvalue weighted by atomic mass is 10.1. The summed E-state index contributed by atoms with van der Waals surface area (Å²) in [5.74, 6) is 2.25. The van der Waals surface area contributed by atoms with Gasteiger partial charge in [0.15, 0.2) is 11.5 Å². The van der Waals surface area contributed by atoms with E-state index in [1.165, 1.54) is 5.57 Å². The molecule has 1 amide bonds. The molecule has 1 aromatic carbocycles. The standard InChI is InChI=1S/C17H24N2O3S.ClH/c1-21-15-4-3-14(11-16(15)22-2)23-10-7-17(20)19-12-13-5-8-18-9-6-13;/h3-5,11,18H,6-10,12H2,1-2H3,(H,19,20);1H. The summed E-state index contributed by atoms with van der Waals surface area (Å²) in [5.41, 5.74) is 1.31. The number of methoxy groups -OCH3 is 2. The van der Waals surface area contributed by atoms with Gasteiger partial charge in [-0.2, -0.15) is 0 Å². The van der Waals surface area contributed by atoms with Crippen molar-refractivity contribution in [2.75, 3.05) is 39.6 Å². The van der Waals surface area contributed by atoms with E-state index < -0.39 is 0 Å². The van der Waals surface area contributed by atoms with Crippen LogP contribution >= 0.6 is 24.2 Å². The number of carbonyl (C=O) groups is 1. The van der Waals surface area contributed by atoms with Gasteiger partial charge in [0.05, 0.1) is 14.2 Å². The second-order valence-electron chi connectivity index (χ2n) is 5.21. The number of ether oxygens (including phenoxy) is 2. The van der Waals surface area contributed by atoms with Crippen LogP contribution < -0.4 is 20.1 Å². The van der Waals surface area contributed by atoms with Crippen LogP contribution in [0, 0.1) is 0 Å². The molecule has 0 fully saturated rings. The molecule has 0 aromatic heterocycles. The first-order chi connectivity index (χ1) is 11.2. The molecule has 134 valence electrons. The SMILES string of the molecule is COc1ccc(SCCC(=O)NCC2=CCNCC2)cc1OC.Cl. The minimum Gasteiger partial charge on any atom is -0.493 e. The summed E-state index contributed by atoms with van der Waals surface area (Å²) in [4.78, 5) is 13.0. The van der Waals surface area contributed by atoms with Gasteiger partial charge >= 0.3 is 0 Å². The molecule has 0 aliphatic carbocycles. The molecule has 1 aliphatic rings. The molecule has 0 radical (unpaired) electrons. The van der Waals surface area contributed by atoms with Gasteiger partial charge in [-0.05, 0) is 31.2 Å². The molecule has 1 aromatic rings. The molecular weight excluding hydrogens is 348 g/mol. The summed E-state index contributed by atoms with van der Waals surface area (Å²) >= 11 is 1.64. The summed E-state index contributed by atoms with van der Waals surface area (Å²) < 4.78 is 10.5. The van der Waals surface area contributed by atoms with Crippen molar-refractivity contribution in [3.8, 4) is 11.5 Å². The highest BCUT2D eigenvalue weighted by molar-refractivity contribution is 7.99. The summed E-state index contributed by atoms with van der Waals surface area (Å²) in [6.45, 7) is 2.57. The molecule has 0 atom stereocenters.